The van der Waals surface area contributed by atoms with Crippen LogP contribution in [-0.2, 0) is 16.1 Å². The van der Waals surface area contributed by atoms with Gasteiger partial charge in [0.1, 0.15) is 5.75 Å². The van der Waals surface area contributed by atoms with E-state index in [1.54, 1.807) is 7.11 Å². The molecule has 1 aliphatic heterocycles. The lowest BCUT2D eigenvalue weighted by Crippen LogP contribution is -2.60. The first-order valence-electron chi connectivity index (χ1n) is 12.4. The Bertz CT molecular complexity index is 826. The maximum absolute atomic E-state index is 13.6. The average Bonchev–Trinajstić information content (AvgIpc) is 2.81. The third-order valence-corrected chi connectivity index (χ3v) is 8.67. The first-order chi connectivity index (χ1) is 15.5. The number of hydrogen-bond donors (Lipinski definition) is 1. The molecule has 4 aliphatic carbocycles. The highest BCUT2D eigenvalue weighted by Crippen LogP contribution is 2.60. The van der Waals surface area contributed by atoms with Crippen LogP contribution in [0.5, 0.6) is 5.75 Å². The van der Waals surface area contributed by atoms with E-state index in [1.165, 1.54) is 19.3 Å². The van der Waals surface area contributed by atoms with E-state index in [-0.39, 0.29) is 17.4 Å². The minimum absolute atomic E-state index is 0.0248. The average molecular weight is 440 g/mol. The molecule has 5 fully saturated rings. The van der Waals surface area contributed by atoms with E-state index < -0.39 is 0 Å². The molecule has 5 aliphatic rings. The van der Waals surface area contributed by atoms with Crippen LogP contribution in [-0.4, -0.2) is 60.9 Å². The Kier molecular flexibility index (Phi) is 5.91. The molecule has 1 N–H and O–H groups in total. The minimum Gasteiger partial charge on any atom is -0.496 e. The van der Waals surface area contributed by atoms with E-state index in [0.717, 1.165) is 74.5 Å². The number of para-hydroxylation sites is 1. The van der Waals surface area contributed by atoms with Crippen LogP contribution in [0.15, 0.2) is 24.3 Å². The molecule has 6 heteroatoms. The number of carbonyl (C=O) groups is 2. The van der Waals surface area contributed by atoms with Gasteiger partial charge in [0, 0.05) is 38.3 Å². The summed E-state index contributed by atoms with van der Waals surface area (Å²) in [5.74, 6) is 3.61. The molecule has 0 radical (unpaired) electrons. The van der Waals surface area contributed by atoms with Crippen LogP contribution in [0.1, 0.15) is 51.0 Å². The SMILES string of the molecule is COc1ccccc1CNC(=O)[C@H](C)N1CCN(C(=O)C23CC4CC(CC(C4)C2)C3)CC1. The Morgan fingerprint density at radius 2 is 1.62 bits per heavy atom. The summed E-state index contributed by atoms with van der Waals surface area (Å²) in [6.45, 7) is 5.43. The highest BCUT2D eigenvalue weighted by atomic mass is 16.5. The second-order valence-corrected chi connectivity index (χ2v) is 10.7. The van der Waals surface area contributed by atoms with Crippen LogP contribution >= 0.6 is 0 Å². The number of carbonyl (C=O) groups excluding carboxylic acids is 2. The maximum Gasteiger partial charge on any atom is 0.237 e. The second kappa shape index (κ2) is 8.69. The number of rotatable bonds is 6. The molecule has 1 aromatic rings. The molecule has 1 heterocycles. The first kappa shape index (κ1) is 21.7. The van der Waals surface area contributed by atoms with Crippen molar-refractivity contribution in [3.05, 3.63) is 29.8 Å². The molecule has 4 bridgehead atoms. The van der Waals surface area contributed by atoms with Gasteiger partial charge in [0.25, 0.3) is 0 Å². The summed E-state index contributed by atoms with van der Waals surface area (Å²) in [6.07, 6.45) is 7.46. The van der Waals surface area contributed by atoms with Gasteiger partial charge >= 0.3 is 0 Å². The topological polar surface area (TPSA) is 61.9 Å². The zero-order valence-corrected chi connectivity index (χ0v) is 19.5. The van der Waals surface area contributed by atoms with Gasteiger partial charge in [0.2, 0.25) is 11.8 Å². The lowest BCUT2D eigenvalue weighted by atomic mass is 9.49. The number of methoxy groups -OCH3 is 1. The molecule has 6 nitrogen and oxygen atoms in total. The predicted molar refractivity (Wildman–Crippen MR) is 123 cm³/mol. The first-order valence-corrected chi connectivity index (χ1v) is 12.4. The molecule has 174 valence electrons. The van der Waals surface area contributed by atoms with E-state index in [9.17, 15) is 9.59 Å². The Hall–Kier alpha value is -2.08. The van der Waals surface area contributed by atoms with Gasteiger partial charge in [-0.05, 0) is 69.3 Å². The van der Waals surface area contributed by atoms with Crippen molar-refractivity contribution in [2.45, 2.75) is 58.0 Å². The van der Waals surface area contributed by atoms with E-state index in [2.05, 4.69) is 15.1 Å². The molecule has 4 saturated carbocycles. The van der Waals surface area contributed by atoms with Crippen LogP contribution in [0.3, 0.4) is 0 Å². The van der Waals surface area contributed by atoms with Crippen molar-refractivity contribution in [3.8, 4) is 5.75 Å². The van der Waals surface area contributed by atoms with Crippen molar-refractivity contribution in [1.29, 1.82) is 0 Å². The van der Waals surface area contributed by atoms with Gasteiger partial charge in [-0.1, -0.05) is 18.2 Å². The number of hydrogen-bond acceptors (Lipinski definition) is 4. The molecule has 1 saturated heterocycles. The summed E-state index contributed by atoms with van der Waals surface area (Å²) < 4.78 is 5.38. The van der Waals surface area contributed by atoms with Crippen LogP contribution in [0.2, 0.25) is 0 Å². The van der Waals surface area contributed by atoms with E-state index >= 15 is 0 Å². The molecule has 1 aromatic carbocycles. The van der Waals surface area contributed by atoms with Crippen molar-refractivity contribution >= 4 is 11.8 Å². The summed E-state index contributed by atoms with van der Waals surface area (Å²) in [5.41, 5.74) is 0.913. The summed E-state index contributed by atoms with van der Waals surface area (Å²) in [6, 6.07) is 7.55. The van der Waals surface area contributed by atoms with Crippen LogP contribution in [0.25, 0.3) is 0 Å². The van der Waals surface area contributed by atoms with E-state index in [0.29, 0.717) is 12.5 Å². The lowest BCUT2D eigenvalue weighted by Gasteiger charge is -2.57. The highest BCUT2D eigenvalue weighted by molar-refractivity contribution is 5.84. The van der Waals surface area contributed by atoms with E-state index in [4.69, 9.17) is 4.74 Å². The van der Waals surface area contributed by atoms with Crippen molar-refractivity contribution in [3.63, 3.8) is 0 Å². The maximum atomic E-state index is 13.6. The Balaban J connectivity index is 1.13. The van der Waals surface area contributed by atoms with Crippen molar-refractivity contribution in [2.75, 3.05) is 33.3 Å². The second-order valence-electron chi connectivity index (χ2n) is 10.7. The van der Waals surface area contributed by atoms with Gasteiger partial charge in [-0.25, -0.2) is 0 Å². The molecule has 32 heavy (non-hydrogen) atoms. The fraction of sp³-hybridized carbons (Fsp3) is 0.692. The fourth-order valence-electron chi connectivity index (χ4n) is 7.37. The zero-order chi connectivity index (χ0) is 22.3. The van der Waals surface area contributed by atoms with Crippen LogP contribution in [0, 0.1) is 23.2 Å². The molecule has 0 spiro atoms. The predicted octanol–water partition coefficient (Wildman–Crippen LogP) is 3.06. The fourth-order valence-corrected chi connectivity index (χ4v) is 7.37. The number of amides is 2. The summed E-state index contributed by atoms with van der Waals surface area (Å²) in [4.78, 5) is 30.7. The molecule has 0 unspecified atom stereocenters. The Morgan fingerprint density at radius 3 is 2.22 bits per heavy atom. The molecule has 0 aromatic heterocycles. The summed E-state index contributed by atoms with van der Waals surface area (Å²) in [5, 5.41) is 3.05. The van der Waals surface area contributed by atoms with Gasteiger partial charge in [-0.15, -0.1) is 0 Å². The van der Waals surface area contributed by atoms with Gasteiger partial charge in [0.05, 0.1) is 18.6 Å². The summed E-state index contributed by atoms with van der Waals surface area (Å²) >= 11 is 0. The van der Waals surface area contributed by atoms with Gasteiger partial charge in [0.15, 0.2) is 0 Å². The Morgan fingerprint density at radius 1 is 1.03 bits per heavy atom. The standard InChI is InChI=1S/C26H37N3O3/c1-18(24(30)27-17-22-5-3-4-6-23(22)32-2)28-7-9-29(10-8-28)25(31)26-14-19-11-20(15-26)13-21(12-19)16-26/h3-6,18-21H,7-17H2,1-2H3,(H,27,30)/t18-,19?,20?,21?,26?/m0/s1. The van der Waals surface area contributed by atoms with Crippen LogP contribution < -0.4 is 10.1 Å². The number of piperazine rings is 1. The van der Waals surface area contributed by atoms with E-state index in [1.807, 2.05) is 31.2 Å². The molecular formula is C26H37N3O3. The van der Waals surface area contributed by atoms with Gasteiger partial charge < -0.3 is 15.0 Å². The summed E-state index contributed by atoms with van der Waals surface area (Å²) in [7, 11) is 1.65. The minimum atomic E-state index is -0.207. The number of nitrogens with one attached hydrogen (secondary N) is 1. The lowest BCUT2D eigenvalue weighted by molar-refractivity contribution is -0.159. The highest BCUT2D eigenvalue weighted by Gasteiger charge is 2.55. The third kappa shape index (κ3) is 4.02. The molecular weight excluding hydrogens is 402 g/mol. The number of ether oxygens (including phenoxy) is 1. The van der Waals surface area contributed by atoms with Crippen molar-refractivity contribution in [2.24, 2.45) is 23.2 Å². The number of benzene rings is 1. The third-order valence-electron chi connectivity index (χ3n) is 8.67. The molecule has 2 amide bonds. The van der Waals surface area contributed by atoms with Gasteiger partial charge in [-0.3, -0.25) is 14.5 Å². The normalized spacial score (nSPS) is 32.6. The van der Waals surface area contributed by atoms with Crippen LogP contribution in [0.4, 0.5) is 0 Å². The van der Waals surface area contributed by atoms with Gasteiger partial charge in [-0.2, -0.15) is 0 Å². The number of nitrogens with zero attached hydrogens (tertiary/aromatic N) is 2. The van der Waals surface area contributed by atoms with Crippen molar-refractivity contribution in [1.82, 2.24) is 15.1 Å². The van der Waals surface area contributed by atoms with Crippen molar-refractivity contribution < 1.29 is 14.3 Å². The zero-order valence-electron chi connectivity index (χ0n) is 19.5. The Labute approximate surface area is 191 Å². The molecule has 6 rings (SSSR count). The molecule has 1 atom stereocenters. The smallest absolute Gasteiger partial charge is 0.237 e. The monoisotopic (exact) mass is 439 g/mol. The quantitative estimate of drug-likeness (QED) is 0.740. The largest absolute Gasteiger partial charge is 0.496 e.